The van der Waals surface area contributed by atoms with E-state index in [1.807, 2.05) is 6.21 Å². The molecule has 1 fully saturated rings. The summed E-state index contributed by atoms with van der Waals surface area (Å²) in [5.74, 6) is 0.830. The van der Waals surface area contributed by atoms with Gasteiger partial charge in [-0.3, -0.25) is 4.79 Å². The second-order valence-electron chi connectivity index (χ2n) is 8.25. The normalized spacial score (nSPS) is 15.6. The summed E-state index contributed by atoms with van der Waals surface area (Å²) in [7, 11) is 0. The summed E-state index contributed by atoms with van der Waals surface area (Å²) in [6.07, 6.45) is 7.67. The van der Waals surface area contributed by atoms with Gasteiger partial charge in [-0.05, 0) is 38.7 Å². The van der Waals surface area contributed by atoms with Crippen molar-refractivity contribution in [2.24, 2.45) is 11.0 Å². The number of carbonyl (C=O) groups is 1. The molecule has 0 saturated heterocycles. The average molecular weight is 418 g/mol. The van der Waals surface area contributed by atoms with Gasteiger partial charge in [0, 0.05) is 29.4 Å². The predicted octanol–water partition coefficient (Wildman–Crippen LogP) is 4.46. The van der Waals surface area contributed by atoms with E-state index in [2.05, 4.69) is 48.5 Å². The van der Waals surface area contributed by atoms with Gasteiger partial charge in [-0.1, -0.05) is 44.9 Å². The van der Waals surface area contributed by atoms with Crippen LogP contribution in [0.3, 0.4) is 0 Å². The zero-order valence-corrected chi connectivity index (χ0v) is 18.6. The standard InChI is InChI=1S/C21H31N5O2S/c1-14(2)12-25-15(3)10-18(16(25)4)11-22-26-20(17-8-6-5-7-9-17)23-24-21(26)29-13-19(27)28/h10-11,14,17H,5-9,12-13H2,1-4H3,(H,27,28)/b22-11-. The van der Waals surface area contributed by atoms with E-state index in [-0.39, 0.29) is 5.75 Å². The lowest BCUT2D eigenvalue weighted by atomic mass is 9.89. The van der Waals surface area contributed by atoms with Gasteiger partial charge in [-0.15, -0.1) is 10.2 Å². The number of rotatable bonds is 8. The third-order valence-electron chi connectivity index (χ3n) is 5.40. The topological polar surface area (TPSA) is 85.3 Å². The average Bonchev–Trinajstić information content (AvgIpc) is 3.20. The van der Waals surface area contributed by atoms with E-state index < -0.39 is 5.97 Å². The van der Waals surface area contributed by atoms with Crippen LogP contribution >= 0.6 is 11.8 Å². The van der Waals surface area contributed by atoms with Crippen molar-refractivity contribution in [2.45, 2.75) is 77.4 Å². The maximum absolute atomic E-state index is 11.0. The number of aryl methyl sites for hydroxylation is 1. The first-order valence-corrected chi connectivity index (χ1v) is 11.4. The van der Waals surface area contributed by atoms with Crippen LogP contribution in [0.1, 0.15) is 74.6 Å². The molecule has 2 heterocycles. The third-order valence-corrected chi connectivity index (χ3v) is 6.31. The van der Waals surface area contributed by atoms with Gasteiger partial charge in [-0.2, -0.15) is 9.78 Å². The molecule has 2 aromatic rings. The molecule has 0 aliphatic heterocycles. The first-order valence-electron chi connectivity index (χ1n) is 10.4. The molecule has 1 aliphatic carbocycles. The van der Waals surface area contributed by atoms with Gasteiger partial charge in [-0.25, -0.2) is 0 Å². The SMILES string of the molecule is Cc1cc(/C=N\n2c(SCC(=O)O)nnc2C2CCCCC2)c(C)n1CC(C)C. The number of hydrogen-bond donors (Lipinski definition) is 1. The lowest BCUT2D eigenvalue weighted by Crippen LogP contribution is -2.11. The highest BCUT2D eigenvalue weighted by Crippen LogP contribution is 2.33. The number of hydrogen-bond acceptors (Lipinski definition) is 5. The van der Waals surface area contributed by atoms with Crippen molar-refractivity contribution >= 4 is 23.9 Å². The van der Waals surface area contributed by atoms with Crippen molar-refractivity contribution in [3.05, 3.63) is 28.8 Å². The highest BCUT2D eigenvalue weighted by Gasteiger charge is 2.24. The minimum atomic E-state index is -0.870. The summed E-state index contributed by atoms with van der Waals surface area (Å²) >= 11 is 1.17. The Morgan fingerprint density at radius 2 is 2.03 bits per heavy atom. The van der Waals surface area contributed by atoms with E-state index in [4.69, 9.17) is 10.2 Å². The van der Waals surface area contributed by atoms with Crippen molar-refractivity contribution in [3.8, 4) is 0 Å². The Bertz CT molecular complexity index is 878. The molecule has 7 nitrogen and oxygen atoms in total. The highest BCUT2D eigenvalue weighted by atomic mass is 32.2. The van der Waals surface area contributed by atoms with Crippen molar-refractivity contribution in [2.75, 3.05) is 5.75 Å². The lowest BCUT2D eigenvalue weighted by Gasteiger charge is -2.20. The summed E-state index contributed by atoms with van der Waals surface area (Å²) in [6.45, 7) is 9.64. The molecular formula is C21H31N5O2S. The largest absolute Gasteiger partial charge is 0.481 e. The maximum Gasteiger partial charge on any atom is 0.313 e. The van der Waals surface area contributed by atoms with Crippen LogP contribution in [-0.4, -0.2) is 42.5 Å². The molecule has 158 valence electrons. The molecule has 0 aromatic carbocycles. The molecule has 2 aromatic heterocycles. The minimum Gasteiger partial charge on any atom is -0.481 e. The molecule has 1 N–H and O–H groups in total. The van der Waals surface area contributed by atoms with Crippen LogP contribution in [0.4, 0.5) is 0 Å². The van der Waals surface area contributed by atoms with Crippen LogP contribution in [0.15, 0.2) is 16.3 Å². The Morgan fingerprint density at radius 3 is 2.69 bits per heavy atom. The van der Waals surface area contributed by atoms with Gasteiger partial charge in [0.25, 0.3) is 0 Å². The molecule has 1 aliphatic rings. The molecule has 3 rings (SSSR count). The molecule has 29 heavy (non-hydrogen) atoms. The number of carboxylic acid groups (broad SMARTS) is 1. The third kappa shape index (κ3) is 5.29. The smallest absolute Gasteiger partial charge is 0.313 e. The van der Waals surface area contributed by atoms with E-state index in [0.29, 0.717) is 17.0 Å². The van der Waals surface area contributed by atoms with E-state index in [0.717, 1.165) is 30.8 Å². The summed E-state index contributed by atoms with van der Waals surface area (Å²) < 4.78 is 4.08. The van der Waals surface area contributed by atoms with E-state index in [1.54, 1.807) is 4.68 Å². The summed E-state index contributed by atoms with van der Waals surface area (Å²) in [5.41, 5.74) is 3.47. The first kappa shape index (κ1) is 21.6. The van der Waals surface area contributed by atoms with Gasteiger partial charge in [0.2, 0.25) is 5.16 Å². The minimum absolute atomic E-state index is 0.0543. The van der Waals surface area contributed by atoms with Crippen molar-refractivity contribution in [1.82, 2.24) is 19.4 Å². The van der Waals surface area contributed by atoms with E-state index >= 15 is 0 Å². The predicted molar refractivity (Wildman–Crippen MR) is 116 cm³/mol. The summed E-state index contributed by atoms with van der Waals surface area (Å²) in [5, 5.41) is 23.0. The molecule has 0 bridgehead atoms. The molecule has 0 atom stereocenters. The summed E-state index contributed by atoms with van der Waals surface area (Å²) in [4.78, 5) is 11.0. The first-order chi connectivity index (χ1) is 13.9. The van der Waals surface area contributed by atoms with Gasteiger partial charge in [0.1, 0.15) is 0 Å². The highest BCUT2D eigenvalue weighted by molar-refractivity contribution is 7.99. The Kier molecular flexibility index (Phi) is 7.16. The van der Waals surface area contributed by atoms with Crippen LogP contribution in [0.25, 0.3) is 0 Å². The molecular weight excluding hydrogens is 386 g/mol. The summed E-state index contributed by atoms with van der Waals surface area (Å²) in [6, 6.07) is 2.15. The fourth-order valence-electron chi connectivity index (χ4n) is 3.94. The molecule has 0 amide bonds. The molecule has 1 saturated carbocycles. The van der Waals surface area contributed by atoms with Crippen LogP contribution < -0.4 is 0 Å². The van der Waals surface area contributed by atoms with Crippen LogP contribution in [0.2, 0.25) is 0 Å². The van der Waals surface area contributed by atoms with Crippen molar-refractivity contribution < 1.29 is 9.90 Å². The Hall–Kier alpha value is -2.09. The van der Waals surface area contributed by atoms with Crippen molar-refractivity contribution in [3.63, 3.8) is 0 Å². The number of thioether (sulfide) groups is 1. The Labute approximate surface area is 176 Å². The van der Waals surface area contributed by atoms with Crippen LogP contribution in [-0.2, 0) is 11.3 Å². The molecule has 0 unspecified atom stereocenters. The maximum atomic E-state index is 11.0. The Morgan fingerprint density at radius 1 is 1.31 bits per heavy atom. The number of carboxylic acids is 1. The van der Waals surface area contributed by atoms with E-state index in [9.17, 15) is 4.79 Å². The fourth-order valence-corrected chi connectivity index (χ4v) is 4.56. The zero-order valence-electron chi connectivity index (χ0n) is 17.8. The number of aromatic nitrogens is 4. The lowest BCUT2D eigenvalue weighted by molar-refractivity contribution is -0.133. The van der Waals surface area contributed by atoms with Crippen LogP contribution in [0.5, 0.6) is 0 Å². The van der Waals surface area contributed by atoms with E-state index in [1.165, 1.54) is 42.4 Å². The molecule has 0 radical (unpaired) electrons. The zero-order chi connectivity index (χ0) is 21.0. The van der Waals surface area contributed by atoms with Crippen LogP contribution in [0, 0.1) is 19.8 Å². The second kappa shape index (κ2) is 9.61. The van der Waals surface area contributed by atoms with Gasteiger partial charge < -0.3 is 9.67 Å². The van der Waals surface area contributed by atoms with Gasteiger partial charge in [0.05, 0.1) is 12.0 Å². The monoisotopic (exact) mass is 417 g/mol. The molecule has 0 spiro atoms. The van der Waals surface area contributed by atoms with Gasteiger partial charge in [0.15, 0.2) is 5.82 Å². The fraction of sp³-hybridized carbons (Fsp3) is 0.619. The van der Waals surface area contributed by atoms with Crippen molar-refractivity contribution in [1.29, 1.82) is 0 Å². The Balaban J connectivity index is 1.91. The quantitative estimate of drug-likeness (QED) is 0.506. The molecule has 8 heteroatoms. The number of nitrogens with zero attached hydrogens (tertiary/aromatic N) is 5. The van der Waals surface area contributed by atoms with Gasteiger partial charge >= 0.3 is 5.97 Å². The second-order valence-corrected chi connectivity index (χ2v) is 9.19. The number of aliphatic carboxylic acids is 1.